The molecule has 1 aromatic carbocycles. The lowest BCUT2D eigenvalue weighted by Crippen LogP contribution is -2.36. The second-order valence-corrected chi connectivity index (χ2v) is 6.01. The molecule has 1 N–H and O–H groups in total. The van der Waals surface area contributed by atoms with E-state index >= 15 is 0 Å². The minimum Gasteiger partial charge on any atom is -0.267 e. The van der Waals surface area contributed by atoms with E-state index in [0.29, 0.717) is 22.6 Å². The molecule has 1 fully saturated rings. The van der Waals surface area contributed by atoms with Gasteiger partial charge in [0.2, 0.25) is 0 Å². The zero-order valence-corrected chi connectivity index (χ0v) is 12.7. The zero-order valence-electron chi connectivity index (χ0n) is 12.7. The summed E-state index contributed by atoms with van der Waals surface area (Å²) in [4.78, 5) is 24.5. The smallest absolute Gasteiger partial charge is 0.267 e. The molecule has 1 amide bonds. The predicted molar refractivity (Wildman–Crippen MR) is 87.2 cm³/mol. The molecule has 6 heteroatoms. The fraction of sp³-hybridized carbons (Fsp3) is 0.294. The number of aryl methyl sites for hydroxylation is 1. The van der Waals surface area contributed by atoms with Gasteiger partial charge in [0.05, 0.1) is 5.39 Å². The van der Waals surface area contributed by atoms with Gasteiger partial charge in [-0.05, 0) is 24.8 Å². The summed E-state index contributed by atoms with van der Waals surface area (Å²) in [6.45, 7) is 0. The molecular weight excluding hydrogens is 292 g/mol. The number of nitrogens with one attached hydrogen (secondary N) is 1. The SMILES string of the molecule is Cn1nc(C(=O)N/N=C2/C[C@@H]3C=CC[C@H]23)c2ccccc2c1=O. The Morgan fingerprint density at radius 2 is 2.13 bits per heavy atom. The fourth-order valence-corrected chi connectivity index (χ4v) is 3.31. The standard InChI is InChI=1S/C17H16N4O2/c1-21-17(23)13-7-3-2-6-12(13)15(20-21)16(22)19-18-14-9-10-5-4-8-11(10)14/h2-7,10-11H,8-9H2,1H3,(H,19,22)/b18-14-/t10-,11-/m0/s1. The highest BCUT2D eigenvalue weighted by molar-refractivity contribution is 6.05. The molecule has 0 bridgehead atoms. The van der Waals surface area contributed by atoms with Gasteiger partial charge in [-0.15, -0.1) is 0 Å². The molecule has 116 valence electrons. The number of rotatable bonds is 2. The van der Waals surface area contributed by atoms with Crippen LogP contribution in [0.5, 0.6) is 0 Å². The molecule has 0 aliphatic heterocycles. The summed E-state index contributed by atoms with van der Waals surface area (Å²) in [5.74, 6) is 0.640. The Balaban J connectivity index is 1.64. The number of carbonyl (C=O) groups is 1. The first-order chi connectivity index (χ1) is 11.1. The summed E-state index contributed by atoms with van der Waals surface area (Å²) in [6.07, 6.45) is 6.29. The van der Waals surface area contributed by atoms with E-state index < -0.39 is 5.91 Å². The lowest BCUT2D eigenvalue weighted by Gasteiger charge is -2.31. The number of hydrogen-bond acceptors (Lipinski definition) is 4. The van der Waals surface area contributed by atoms with Gasteiger partial charge in [0.1, 0.15) is 0 Å². The van der Waals surface area contributed by atoms with Crippen LogP contribution < -0.4 is 11.0 Å². The van der Waals surface area contributed by atoms with Crippen molar-refractivity contribution in [1.29, 1.82) is 0 Å². The molecule has 0 radical (unpaired) electrons. The number of fused-ring (bicyclic) bond motifs is 2. The van der Waals surface area contributed by atoms with Gasteiger partial charge in [0.15, 0.2) is 5.69 Å². The van der Waals surface area contributed by atoms with Crippen molar-refractivity contribution in [3.8, 4) is 0 Å². The van der Waals surface area contributed by atoms with Crippen molar-refractivity contribution >= 4 is 22.4 Å². The first-order valence-electron chi connectivity index (χ1n) is 7.64. The molecule has 1 aromatic heterocycles. The number of hydrazone groups is 1. The normalized spacial score (nSPS) is 23.8. The van der Waals surface area contributed by atoms with Crippen LogP contribution in [0.15, 0.2) is 46.3 Å². The van der Waals surface area contributed by atoms with Crippen LogP contribution in [-0.2, 0) is 7.05 Å². The highest BCUT2D eigenvalue weighted by atomic mass is 16.2. The number of allylic oxidation sites excluding steroid dienone is 2. The first kappa shape index (κ1) is 13.9. The maximum Gasteiger partial charge on any atom is 0.292 e. The number of amides is 1. The van der Waals surface area contributed by atoms with E-state index in [9.17, 15) is 9.59 Å². The van der Waals surface area contributed by atoms with Gasteiger partial charge in [-0.2, -0.15) is 10.2 Å². The van der Waals surface area contributed by atoms with Crippen LogP contribution in [0.3, 0.4) is 0 Å². The van der Waals surface area contributed by atoms with Crippen LogP contribution in [-0.4, -0.2) is 21.4 Å². The molecule has 2 aliphatic rings. The van der Waals surface area contributed by atoms with E-state index in [2.05, 4.69) is 27.8 Å². The van der Waals surface area contributed by atoms with E-state index in [1.807, 2.05) is 0 Å². The van der Waals surface area contributed by atoms with E-state index in [4.69, 9.17) is 0 Å². The van der Waals surface area contributed by atoms with Gasteiger partial charge in [0.25, 0.3) is 11.5 Å². The van der Waals surface area contributed by atoms with Crippen molar-refractivity contribution in [2.45, 2.75) is 12.8 Å². The van der Waals surface area contributed by atoms with Crippen LogP contribution in [0.2, 0.25) is 0 Å². The van der Waals surface area contributed by atoms with Gasteiger partial charge >= 0.3 is 0 Å². The minimum atomic E-state index is -0.390. The van der Waals surface area contributed by atoms with Gasteiger partial charge in [0, 0.05) is 24.1 Å². The first-order valence-corrected chi connectivity index (χ1v) is 7.64. The van der Waals surface area contributed by atoms with Crippen LogP contribution in [0, 0.1) is 11.8 Å². The summed E-state index contributed by atoms with van der Waals surface area (Å²) in [7, 11) is 1.54. The third-order valence-corrected chi connectivity index (χ3v) is 4.64. The van der Waals surface area contributed by atoms with Gasteiger partial charge in [-0.3, -0.25) is 9.59 Å². The molecule has 4 rings (SSSR count). The number of aromatic nitrogens is 2. The zero-order chi connectivity index (χ0) is 16.0. The van der Waals surface area contributed by atoms with Crippen molar-refractivity contribution in [2.75, 3.05) is 0 Å². The lowest BCUT2D eigenvalue weighted by molar-refractivity contribution is 0.0948. The molecule has 0 unspecified atom stereocenters. The monoisotopic (exact) mass is 308 g/mol. The Morgan fingerprint density at radius 3 is 2.91 bits per heavy atom. The van der Waals surface area contributed by atoms with Crippen molar-refractivity contribution in [1.82, 2.24) is 15.2 Å². The molecule has 23 heavy (non-hydrogen) atoms. The van der Waals surface area contributed by atoms with Gasteiger partial charge in [-0.1, -0.05) is 30.4 Å². The summed E-state index contributed by atoms with van der Waals surface area (Å²) in [6, 6.07) is 6.98. The molecule has 0 saturated heterocycles. The van der Waals surface area contributed by atoms with Gasteiger partial charge < -0.3 is 0 Å². The van der Waals surface area contributed by atoms with Crippen LogP contribution in [0.25, 0.3) is 10.8 Å². The molecule has 1 saturated carbocycles. The molecular formula is C17H16N4O2. The summed E-state index contributed by atoms with van der Waals surface area (Å²) >= 11 is 0. The second kappa shape index (κ2) is 5.15. The molecule has 2 atom stereocenters. The van der Waals surface area contributed by atoms with E-state index in [1.54, 1.807) is 24.3 Å². The van der Waals surface area contributed by atoms with E-state index in [0.717, 1.165) is 18.6 Å². The van der Waals surface area contributed by atoms with Gasteiger partial charge in [-0.25, -0.2) is 10.1 Å². The number of benzene rings is 1. The Labute approximate surface area is 132 Å². The highest BCUT2D eigenvalue weighted by Crippen LogP contribution is 2.40. The van der Waals surface area contributed by atoms with Crippen molar-refractivity contribution in [3.05, 3.63) is 52.5 Å². The van der Waals surface area contributed by atoms with E-state index in [-0.39, 0.29) is 11.3 Å². The molecule has 6 nitrogen and oxygen atoms in total. The average molecular weight is 308 g/mol. The Kier molecular flexibility index (Phi) is 3.11. The molecule has 1 heterocycles. The third-order valence-electron chi connectivity index (χ3n) is 4.64. The topological polar surface area (TPSA) is 76.3 Å². The Hall–Kier alpha value is -2.76. The molecule has 0 spiro atoms. The Morgan fingerprint density at radius 1 is 1.35 bits per heavy atom. The second-order valence-electron chi connectivity index (χ2n) is 6.01. The minimum absolute atomic E-state index is 0.215. The highest BCUT2D eigenvalue weighted by Gasteiger charge is 2.38. The number of carbonyl (C=O) groups excluding carboxylic acids is 1. The van der Waals surface area contributed by atoms with E-state index in [1.165, 1.54) is 11.7 Å². The van der Waals surface area contributed by atoms with Crippen LogP contribution in [0.4, 0.5) is 0 Å². The lowest BCUT2D eigenvalue weighted by atomic mass is 9.74. The Bertz CT molecular complexity index is 926. The predicted octanol–water partition coefficient (Wildman–Crippen LogP) is 1.62. The summed E-state index contributed by atoms with van der Waals surface area (Å²) in [5, 5.41) is 9.38. The summed E-state index contributed by atoms with van der Waals surface area (Å²) < 4.78 is 1.19. The number of hydrogen-bond donors (Lipinski definition) is 1. The average Bonchev–Trinajstić information content (AvgIpc) is 2.92. The maximum absolute atomic E-state index is 12.4. The van der Waals surface area contributed by atoms with Crippen LogP contribution >= 0.6 is 0 Å². The third kappa shape index (κ3) is 2.18. The van der Waals surface area contributed by atoms with Crippen molar-refractivity contribution in [2.24, 2.45) is 24.0 Å². The molecule has 2 aromatic rings. The largest absolute Gasteiger partial charge is 0.292 e. The molecule has 2 aliphatic carbocycles. The quantitative estimate of drug-likeness (QED) is 0.676. The number of nitrogens with zero attached hydrogens (tertiary/aromatic N) is 3. The summed E-state index contributed by atoms with van der Waals surface area (Å²) in [5.41, 5.74) is 3.62. The van der Waals surface area contributed by atoms with Crippen LogP contribution in [0.1, 0.15) is 23.3 Å². The van der Waals surface area contributed by atoms with Crippen molar-refractivity contribution in [3.63, 3.8) is 0 Å². The van der Waals surface area contributed by atoms with Crippen molar-refractivity contribution < 1.29 is 4.79 Å². The maximum atomic E-state index is 12.4. The fourth-order valence-electron chi connectivity index (χ4n) is 3.31.